The second-order valence-electron chi connectivity index (χ2n) is 5.63. The Morgan fingerprint density at radius 3 is 2.77 bits per heavy atom. The molecule has 5 heteroatoms. The fourth-order valence-corrected chi connectivity index (χ4v) is 2.87. The van der Waals surface area contributed by atoms with Crippen LogP contribution in [0.15, 0.2) is 24.3 Å². The molecule has 2 amide bonds. The second-order valence-corrected chi connectivity index (χ2v) is 6.03. The number of carbonyl (C=O) groups is 2. The molecule has 0 atom stereocenters. The van der Waals surface area contributed by atoms with Gasteiger partial charge < -0.3 is 9.80 Å². The Labute approximate surface area is 137 Å². The number of hydrogen-bond acceptors (Lipinski definition) is 2. The van der Waals surface area contributed by atoms with Gasteiger partial charge >= 0.3 is 0 Å². The van der Waals surface area contributed by atoms with Gasteiger partial charge in [0.1, 0.15) is 0 Å². The Morgan fingerprint density at radius 1 is 1.27 bits per heavy atom. The Hall–Kier alpha value is -1.55. The molecular formula is C17H23ClN2O2. The highest BCUT2D eigenvalue weighted by Gasteiger charge is 2.22. The van der Waals surface area contributed by atoms with E-state index in [2.05, 4.69) is 0 Å². The van der Waals surface area contributed by atoms with Crippen LogP contribution >= 0.6 is 11.6 Å². The molecule has 0 saturated carbocycles. The second kappa shape index (κ2) is 8.18. The van der Waals surface area contributed by atoms with Crippen LogP contribution in [0.2, 0.25) is 5.02 Å². The summed E-state index contributed by atoms with van der Waals surface area (Å²) in [5, 5.41) is 0.666. The van der Waals surface area contributed by atoms with Gasteiger partial charge in [-0.05, 0) is 31.4 Å². The minimum Gasteiger partial charge on any atom is -0.337 e. The number of amides is 2. The van der Waals surface area contributed by atoms with Crippen molar-refractivity contribution in [1.29, 1.82) is 0 Å². The standard InChI is InChI=1S/C17H23ClN2O2/c1-2-19(12-14-8-5-6-9-15(14)18)17(22)13-20-11-7-3-4-10-16(20)21/h5-6,8-9H,2-4,7,10-13H2,1H3. The van der Waals surface area contributed by atoms with Gasteiger partial charge in [-0.25, -0.2) is 0 Å². The minimum absolute atomic E-state index is 0.0160. The monoisotopic (exact) mass is 322 g/mol. The average Bonchev–Trinajstić information content (AvgIpc) is 2.71. The highest BCUT2D eigenvalue weighted by Crippen LogP contribution is 2.17. The van der Waals surface area contributed by atoms with Crippen LogP contribution < -0.4 is 0 Å². The molecule has 1 aliphatic rings. The highest BCUT2D eigenvalue weighted by molar-refractivity contribution is 6.31. The summed E-state index contributed by atoms with van der Waals surface area (Å²) in [6.07, 6.45) is 3.54. The summed E-state index contributed by atoms with van der Waals surface area (Å²) in [7, 11) is 0. The number of rotatable bonds is 5. The number of halogens is 1. The number of hydrogen-bond donors (Lipinski definition) is 0. The minimum atomic E-state index is -0.0160. The number of likely N-dealkylation sites (N-methyl/N-ethyl adjacent to an activating group) is 1. The van der Waals surface area contributed by atoms with Crippen LogP contribution in [-0.2, 0) is 16.1 Å². The molecule has 1 aliphatic heterocycles. The predicted molar refractivity (Wildman–Crippen MR) is 87.6 cm³/mol. The van der Waals surface area contributed by atoms with Crippen molar-refractivity contribution in [3.05, 3.63) is 34.9 Å². The summed E-state index contributed by atoms with van der Waals surface area (Å²) in [6.45, 7) is 3.90. The Morgan fingerprint density at radius 2 is 2.05 bits per heavy atom. The van der Waals surface area contributed by atoms with Crippen molar-refractivity contribution >= 4 is 23.4 Å². The lowest BCUT2D eigenvalue weighted by Crippen LogP contribution is -2.42. The van der Waals surface area contributed by atoms with E-state index < -0.39 is 0 Å². The van der Waals surface area contributed by atoms with Crippen LogP contribution in [0.25, 0.3) is 0 Å². The molecule has 0 aliphatic carbocycles. The number of likely N-dealkylation sites (tertiary alicyclic amines) is 1. The zero-order chi connectivity index (χ0) is 15.9. The van der Waals surface area contributed by atoms with Gasteiger partial charge in [-0.15, -0.1) is 0 Å². The van der Waals surface area contributed by atoms with E-state index >= 15 is 0 Å². The van der Waals surface area contributed by atoms with Crippen molar-refractivity contribution in [3.63, 3.8) is 0 Å². The third kappa shape index (κ3) is 4.47. The number of nitrogens with zero attached hydrogens (tertiary/aromatic N) is 2. The third-order valence-corrected chi connectivity index (χ3v) is 4.42. The Balaban J connectivity index is 1.99. The molecule has 0 N–H and O–H groups in total. The smallest absolute Gasteiger partial charge is 0.242 e. The number of benzene rings is 1. The van der Waals surface area contributed by atoms with Crippen molar-refractivity contribution in [2.45, 2.75) is 39.2 Å². The fraction of sp³-hybridized carbons (Fsp3) is 0.529. The maximum Gasteiger partial charge on any atom is 0.242 e. The normalized spacial score (nSPS) is 15.5. The lowest BCUT2D eigenvalue weighted by Gasteiger charge is -2.26. The van der Waals surface area contributed by atoms with Gasteiger partial charge in [0.2, 0.25) is 11.8 Å². The number of carbonyl (C=O) groups excluding carboxylic acids is 2. The molecule has 1 fully saturated rings. The molecule has 1 saturated heterocycles. The first-order valence-corrected chi connectivity index (χ1v) is 8.28. The topological polar surface area (TPSA) is 40.6 Å². The van der Waals surface area contributed by atoms with E-state index in [0.29, 0.717) is 31.1 Å². The third-order valence-electron chi connectivity index (χ3n) is 4.05. The van der Waals surface area contributed by atoms with Crippen LogP contribution in [0.4, 0.5) is 0 Å². The van der Waals surface area contributed by atoms with Crippen molar-refractivity contribution in [3.8, 4) is 0 Å². The summed E-state index contributed by atoms with van der Waals surface area (Å²) in [5.74, 6) is 0.0808. The summed E-state index contributed by atoms with van der Waals surface area (Å²) in [4.78, 5) is 28.0. The van der Waals surface area contributed by atoms with E-state index in [4.69, 9.17) is 11.6 Å². The van der Waals surface area contributed by atoms with Gasteiger partial charge in [0, 0.05) is 31.1 Å². The molecule has 0 spiro atoms. The highest BCUT2D eigenvalue weighted by atomic mass is 35.5. The summed E-state index contributed by atoms with van der Waals surface area (Å²) in [6, 6.07) is 7.54. The summed E-state index contributed by atoms with van der Waals surface area (Å²) < 4.78 is 0. The SMILES string of the molecule is CCN(Cc1ccccc1Cl)C(=O)CN1CCCCCC1=O. The molecule has 0 unspecified atom stereocenters. The van der Waals surface area contributed by atoms with Gasteiger partial charge in [0.25, 0.3) is 0 Å². The molecule has 4 nitrogen and oxygen atoms in total. The van der Waals surface area contributed by atoms with E-state index in [0.717, 1.165) is 24.8 Å². The maximum absolute atomic E-state index is 12.5. The predicted octanol–water partition coefficient (Wildman–Crippen LogP) is 3.09. The molecule has 22 heavy (non-hydrogen) atoms. The van der Waals surface area contributed by atoms with Crippen LogP contribution in [0, 0.1) is 0 Å². The van der Waals surface area contributed by atoms with Gasteiger partial charge in [-0.3, -0.25) is 9.59 Å². The van der Waals surface area contributed by atoms with E-state index in [1.54, 1.807) is 9.80 Å². The molecular weight excluding hydrogens is 300 g/mol. The maximum atomic E-state index is 12.5. The van der Waals surface area contributed by atoms with Crippen LogP contribution in [0.1, 0.15) is 38.2 Å². The van der Waals surface area contributed by atoms with Crippen molar-refractivity contribution < 1.29 is 9.59 Å². The first kappa shape index (κ1) is 16.8. The molecule has 2 rings (SSSR count). The Bertz CT molecular complexity index is 533. The van der Waals surface area contributed by atoms with Crippen LogP contribution in [0.3, 0.4) is 0 Å². The van der Waals surface area contributed by atoms with Crippen molar-refractivity contribution in [2.24, 2.45) is 0 Å². The van der Waals surface area contributed by atoms with Crippen molar-refractivity contribution in [1.82, 2.24) is 9.80 Å². The first-order valence-electron chi connectivity index (χ1n) is 7.90. The quantitative estimate of drug-likeness (QED) is 0.836. The molecule has 120 valence electrons. The largest absolute Gasteiger partial charge is 0.337 e. The van der Waals surface area contributed by atoms with Gasteiger partial charge in [-0.2, -0.15) is 0 Å². The molecule has 1 aromatic rings. The van der Waals surface area contributed by atoms with E-state index in [1.807, 2.05) is 31.2 Å². The van der Waals surface area contributed by atoms with Gasteiger partial charge in [0.15, 0.2) is 0 Å². The van der Waals surface area contributed by atoms with Gasteiger partial charge in [-0.1, -0.05) is 36.2 Å². The average molecular weight is 323 g/mol. The van der Waals surface area contributed by atoms with E-state index in [9.17, 15) is 9.59 Å². The van der Waals surface area contributed by atoms with Crippen molar-refractivity contribution in [2.75, 3.05) is 19.6 Å². The zero-order valence-electron chi connectivity index (χ0n) is 13.1. The lowest BCUT2D eigenvalue weighted by molar-refractivity contribution is -0.140. The molecule has 1 aromatic carbocycles. The van der Waals surface area contributed by atoms with Crippen LogP contribution in [-0.4, -0.2) is 41.2 Å². The van der Waals surface area contributed by atoms with Gasteiger partial charge in [0.05, 0.1) is 6.54 Å². The lowest BCUT2D eigenvalue weighted by atomic mass is 10.2. The van der Waals surface area contributed by atoms with Crippen LogP contribution in [0.5, 0.6) is 0 Å². The molecule has 0 bridgehead atoms. The molecule has 0 aromatic heterocycles. The summed E-state index contributed by atoms with van der Waals surface area (Å²) >= 11 is 6.16. The zero-order valence-corrected chi connectivity index (χ0v) is 13.8. The summed E-state index contributed by atoms with van der Waals surface area (Å²) in [5.41, 5.74) is 0.932. The molecule has 0 radical (unpaired) electrons. The van der Waals surface area contributed by atoms with E-state index in [1.165, 1.54) is 0 Å². The Kier molecular flexibility index (Phi) is 6.25. The molecule has 1 heterocycles. The first-order chi connectivity index (χ1) is 10.6. The van der Waals surface area contributed by atoms with E-state index in [-0.39, 0.29) is 18.4 Å². The fourth-order valence-electron chi connectivity index (χ4n) is 2.68.